The van der Waals surface area contributed by atoms with Crippen LogP contribution in [-0.4, -0.2) is 17.1 Å². The Morgan fingerprint density at radius 3 is 2.50 bits per heavy atom. The molecule has 2 aromatic rings. The summed E-state index contributed by atoms with van der Waals surface area (Å²) in [6.45, 7) is 0. The fourth-order valence-electron chi connectivity index (χ4n) is 1.69. The number of nitrogens with zero attached hydrogens (tertiary/aromatic N) is 2. The van der Waals surface area contributed by atoms with E-state index in [1.165, 1.54) is 0 Å². The zero-order chi connectivity index (χ0) is 13.0. The number of halogens is 1. The number of hydrazine groups is 1. The van der Waals surface area contributed by atoms with Crippen LogP contribution in [0.3, 0.4) is 0 Å². The van der Waals surface area contributed by atoms with Crippen LogP contribution in [0, 0.1) is 0 Å². The molecule has 0 aliphatic carbocycles. The third-order valence-electron chi connectivity index (χ3n) is 2.52. The van der Waals surface area contributed by atoms with E-state index in [1.807, 2.05) is 24.3 Å². The van der Waals surface area contributed by atoms with Gasteiger partial charge in [-0.2, -0.15) is 0 Å². The van der Waals surface area contributed by atoms with Crippen molar-refractivity contribution < 1.29 is 4.74 Å². The summed E-state index contributed by atoms with van der Waals surface area (Å²) in [4.78, 5) is 8.63. The second-order valence-electron chi connectivity index (χ2n) is 3.56. The quantitative estimate of drug-likeness (QED) is 0.665. The van der Waals surface area contributed by atoms with Crippen molar-refractivity contribution in [1.82, 2.24) is 15.4 Å². The number of nitrogens with two attached hydrogens (primary N) is 1. The summed E-state index contributed by atoms with van der Waals surface area (Å²) in [5.41, 5.74) is 4.17. The van der Waals surface area contributed by atoms with Gasteiger partial charge in [0.05, 0.1) is 12.8 Å². The summed E-state index contributed by atoms with van der Waals surface area (Å²) in [7, 11) is 1.60. The first-order valence-corrected chi connectivity index (χ1v) is 6.12. The molecule has 18 heavy (non-hydrogen) atoms. The summed E-state index contributed by atoms with van der Waals surface area (Å²) in [6.07, 6.45) is 3.40. The van der Waals surface area contributed by atoms with Crippen molar-refractivity contribution in [2.75, 3.05) is 7.11 Å². The molecular formula is C12H13BrN4O. The van der Waals surface area contributed by atoms with E-state index in [0.29, 0.717) is 11.4 Å². The lowest BCUT2D eigenvalue weighted by atomic mass is 10.1. The molecule has 94 valence electrons. The Kier molecular flexibility index (Phi) is 4.24. The van der Waals surface area contributed by atoms with Gasteiger partial charge in [0, 0.05) is 16.9 Å². The zero-order valence-electron chi connectivity index (χ0n) is 9.80. The lowest BCUT2D eigenvalue weighted by molar-refractivity contribution is 0.399. The number of methoxy groups -OCH3 is 1. The van der Waals surface area contributed by atoms with Crippen molar-refractivity contribution in [3.8, 4) is 5.75 Å². The smallest absolute Gasteiger partial charge is 0.142 e. The molecule has 0 amide bonds. The van der Waals surface area contributed by atoms with Crippen molar-refractivity contribution in [1.29, 1.82) is 0 Å². The van der Waals surface area contributed by atoms with Crippen LogP contribution in [0.2, 0.25) is 0 Å². The molecule has 0 radical (unpaired) electrons. The van der Waals surface area contributed by atoms with Crippen LogP contribution in [0.4, 0.5) is 0 Å². The van der Waals surface area contributed by atoms with Crippen molar-refractivity contribution in [2.24, 2.45) is 5.84 Å². The Balaban J connectivity index is 2.49. The van der Waals surface area contributed by atoms with E-state index < -0.39 is 0 Å². The summed E-state index contributed by atoms with van der Waals surface area (Å²) >= 11 is 3.45. The maximum atomic E-state index is 5.62. The molecule has 1 atom stereocenters. The van der Waals surface area contributed by atoms with Gasteiger partial charge in [-0.1, -0.05) is 0 Å². The normalized spacial score (nSPS) is 12.2. The molecule has 0 saturated heterocycles. The first-order valence-electron chi connectivity index (χ1n) is 5.33. The third-order valence-corrected chi connectivity index (χ3v) is 3.19. The Hall–Kier alpha value is -1.50. The van der Waals surface area contributed by atoms with E-state index in [2.05, 4.69) is 31.3 Å². The largest absolute Gasteiger partial charge is 0.495 e. The van der Waals surface area contributed by atoms with Crippen molar-refractivity contribution in [3.05, 3.63) is 52.5 Å². The number of hydrogen-bond acceptors (Lipinski definition) is 5. The number of ether oxygens (including phenoxy) is 1. The summed E-state index contributed by atoms with van der Waals surface area (Å²) in [5.74, 6) is 6.29. The second-order valence-corrected chi connectivity index (χ2v) is 4.42. The topological polar surface area (TPSA) is 73.1 Å². The molecule has 0 aromatic carbocycles. The lowest BCUT2D eigenvalue weighted by Gasteiger charge is -2.18. The van der Waals surface area contributed by atoms with Crippen molar-refractivity contribution in [2.45, 2.75) is 6.04 Å². The van der Waals surface area contributed by atoms with Crippen molar-refractivity contribution >= 4 is 15.9 Å². The van der Waals surface area contributed by atoms with E-state index in [-0.39, 0.29) is 6.04 Å². The van der Waals surface area contributed by atoms with Gasteiger partial charge in [-0.05, 0) is 40.2 Å². The molecule has 2 rings (SSSR count). The zero-order valence-corrected chi connectivity index (χ0v) is 11.4. The van der Waals surface area contributed by atoms with Crippen LogP contribution in [0.5, 0.6) is 5.75 Å². The minimum atomic E-state index is -0.336. The van der Waals surface area contributed by atoms with Gasteiger partial charge in [-0.15, -0.1) is 0 Å². The third kappa shape index (κ3) is 2.50. The lowest BCUT2D eigenvalue weighted by Crippen LogP contribution is -2.30. The number of aromatic nitrogens is 2. The van der Waals surface area contributed by atoms with Gasteiger partial charge in [0.25, 0.3) is 0 Å². The van der Waals surface area contributed by atoms with Gasteiger partial charge in [0.1, 0.15) is 17.5 Å². The first kappa shape index (κ1) is 12.9. The number of nitrogens with one attached hydrogen (secondary N) is 1. The predicted molar refractivity (Wildman–Crippen MR) is 71.9 cm³/mol. The van der Waals surface area contributed by atoms with Gasteiger partial charge in [0.2, 0.25) is 0 Å². The highest BCUT2D eigenvalue weighted by Gasteiger charge is 2.21. The fourth-order valence-corrected chi connectivity index (χ4v) is 2.17. The average Bonchev–Trinajstić information content (AvgIpc) is 2.42. The minimum absolute atomic E-state index is 0.336. The molecule has 0 fully saturated rings. The fraction of sp³-hybridized carbons (Fsp3) is 0.167. The Morgan fingerprint density at radius 1 is 1.22 bits per heavy atom. The Bertz CT molecular complexity index is 535. The standard InChI is InChI=1S/C12H13BrN4O/c1-18-9-5-3-7-16-11(9)12(17-14)10-8(13)4-2-6-15-10/h2-7,12,17H,14H2,1H3. The van der Waals surface area contributed by atoms with Crippen molar-refractivity contribution in [3.63, 3.8) is 0 Å². The summed E-state index contributed by atoms with van der Waals surface area (Å²) in [5, 5.41) is 0. The van der Waals surface area contributed by atoms with Crippen LogP contribution in [0.15, 0.2) is 41.1 Å². The summed E-state index contributed by atoms with van der Waals surface area (Å²) < 4.78 is 6.15. The van der Waals surface area contributed by atoms with Crippen LogP contribution < -0.4 is 16.0 Å². The molecule has 0 saturated carbocycles. The Morgan fingerprint density at radius 2 is 1.89 bits per heavy atom. The van der Waals surface area contributed by atoms with Crippen LogP contribution in [-0.2, 0) is 0 Å². The molecule has 2 heterocycles. The predicted octanol–water partition coefficient (Wildman–Crippen LogP) is 1.80. The van der Waals surface area contributed by atoms with E-state index in [0.717, 1.165) is 10.2 Å². The van der Waals surface area contributed by atoms with E-state index in [9.17, 15) is 0 Å². The SMILES string of the molecule is COc1cccnc1C(NN)c1ncccc1Br. The maximum Gasteiger partial charge on any atom is 0.142 e. The van der Waals surface area contributed by atoms with Gasteiger partial charge < -0.3 is 4.74 Å². The molecular weight excluding hydrogens is 296 g/mol. The molecule has 3 N–H and O–H groups in total. The molecule has 0 bridgehead atoms. The van der Waals surface area contributed by atoms with E-state index in [4.69, 9.17) is 10.6 Å². The average molecular weight is 309 g/mol. The molecule has 0 aliphatic rings. The highest BCUT2D eigenvalue weighted by molar-refractivity contribution is 9.10. The monoisotopic (exact) mass is 308 g/mol. The number of rotatable bonds is 4. The van der Waals surface area contributed by atoms with Gasteiger partial charge >= 0.3 is 0 Å². The van der Waals surface area contributed by atoms with Crippen LogP contribution in [0.25, 0.3) is 0 Å². The Labute approximate surface area is 113 Å². The molecule has 0 aliphatic heterocycles. The number of hydrogen-bond donors (Lipinski definition) is 2. The molecule has 5 nitrogen and oxygen atoms in total. The van der Waals surface area contributed by atoms with E-state index in [1.54, 1.807) is 19.5 Å². The van der Waals surface area contributed by atoms with Gasteiger partial charge in [-0.25, -0.2) is 5.43 Å². The summed E-state index contributed by atoms with van der Waals surface area (Å²) in [6, 6.07) is 7.06. The van der Waals surface area contributed by atoms with Gasteiger partial charge in [0.15, 0.2) is 0 Å². The molecule has 2 aromatic heterocycles. The van der Waals surface area contributed by atoms with Crippen LogP contribution in [0.1, 0.15) is 17.4 Å². The number of pyridine rings is 2. The van der Waals surface area contributed by atoms with Crippen LogP contribution >= 0.6 is 15.9 Å². The van der Waals surface area contributed by atoms with Gasteiger partial charge in [-0.3, -0.25) is 15.8 Å². The first-order chi connectivity index (χ1) is 8.77. The minimum Gasteiger partial charge on any atom is -0.495 e. The van der Waals surface area contributed by atoms with E-state index >= 15 is 0 Å². The second kappa shape index (κ2) is 5.90. The molecule has 6 heteroatoms. The molecule has 0 spiro atoms. The maximum absolute atomic E-state index is 5.62. The molecule has 1 unspecified atom stereocenters. The highest BCUT2D eigenvalue weighted by atomic mass is 79.9. The highest BCUT2D eigenvalue weighted by Crippen LogP contribution is 2.29.